The average Bonchev–Trinajstić information content (AvgIpc) is 2.15. The Balaban J connectivity index is 3.39. The maximum Gasteiger partial charge on any atom is 0.419 e. The molecule has 0 saturated carbocycles. The number of hydrogen-bond acceptors (Lipinski definition) is 4. The normalized spacial score (nSPS) is 12.1. The van der Waals surface area contributed by atoms with Crippen molar-refractivity contribution < 1.29 is 13.2 Å². The third-order valence-electron chi connectivity index (χ3n) is 1.73. The van der Waals surface area contributed by atoms with Crippen molar-refractivity contribution in [3.63, 3.8) is 0 Å². The monoisotopic (exact) mass is 286 g/mol. The standard InChI is InChI=1S/C8H7Cl2F3N4/c9-4-3-16-7(17(15)2-1-14)6(10)5(4)8(11,12)13/h1-3H,14-15H2/b2-1-. The van der Waals surface area contributed by atoms with Crippen LogP contribution in [0, 0.1) is 0 Å². The average molecular weight is 287 g/mol. The second-order valence-corrected chi connectivity index (χ2v) is 3.65. The first kappa shape index (κ1) is 13.9. The second kappa shape index (κ2) is 4.99. The molecule has 94 valence electrons. The molecule has 0 saturated heterocycles. The number of aromatic nitrogens is 1. The fourth-order valence-corrected chi connectivity index (χ4v) is 1.71. The Labute approximate surface area is 105 Å². The topological polar surface area (TPSA) is 68.2 Å². The lowest BCUT2D eigenvalue weighted by atomic mass is 10.2. The van der Waals surface area contributed by atoms with Crippen LogP contribution in [0.3, 0.4) is 0 Å². The smallest absolute Gasteiger partial charge is 0.403 e. The summed E-state index contributed by atoms with van der Waals surface area (Å²) < 4.78 is 37.9. The number of anilines is 1. The molecule has 0 spiro atoms. The first-order chi connectivity index (χ1) is 7.79. The van der Waals surface area contributed by atoms with Crippen LogP contribution in [0.1, 0.15) is 5.56 Å². The van der Waals surface area contributed by atoms with Crippen LogP contribution in [0.4, 0.5) is 19.0 Å². The number of alkyl halides is 3. The molecule has 1 aromatic rings. The van der Waals surface area contributed by atoms with E-state index in [-0.39, 0.29) is 5.82 Å². The summed E-state index contributed by atoms with van der Waals surface area (Å²) in [7, 11) is 0. The van der Waals surface area contributed by atoms with Crippen LogP contribution in [-0.2, 0) is 6.18 Å². The molecule has 0 atom stereocenters. The van der Waals surface area contributed by atoms with Gasteiger partial charge in [0.25, 0.3) is 0 Å². The van der Waals surface area contributed by atoms with Crippen LogP contribution >= 0.6 is 23.2 Å². The predicted octanol–water partition coefficient (Wildman–Crippen LogP) is 2.52. The Kier molecular flexibility index (Phi) is 4.07. The predicted molar refractivity (Wildman–Crippen MR) is 59.3 cm³/mol. The molecule has 0 aliphatic rings. The maximum atomic E-state index is 12.6. The van der Waals surface area contributed by atoms with Crippen LogP contribution in [0.15, 0.2) is 18.6 Å². The number of halogens is 5. The van der Waals surface area contributed by atoms with Gasteiger partial charge in [-0.15, -0.1) is 0 Å². The Hall–Kier alpha value is -1.18. The summed E-state index contributed by atoms with van der Waals surface area (Å²) in [6, 6.07) is 0. The van der Waals surface area contributed by atoms with Gasteiger partial charge in [-0.25, -0.2) is 10.8 Å². The lowest BCUT2D eigenvalue weighted by Gasteiger charge is -2.17. The summed E-state index contributed by atoms with van der Waals surface area (Å²) in [5.41, 5.74) is 3.86. The van der Waals surface area contributed by atoms with E-state index >= 15 is 0 Å². The van der Waals surface area contributed by atoms with Crippen LogP contribution in [0.25, 0.3) is 0 Å². The molecule has 0 fully saturated rings. The molecule has 4 nitrogen and oxygen atoms in total. The van der Waals surface area contributed by atoms with E-state index in [2.05, 4.69) is 4.98 Å². The van der Waals surface area contributed by atoms with E-state index in [4.69, 9.17) is 34.8 Å². The van der Waals surface area contributed by atoms with Gasteiger partial charge in [-0.3, -0.25) is 5.01 Å². The lowest BCUT2D eigenvalue weighted by Crippen LogP contribution is -2.26. The maximum absolute atomic E-state index is 12.6. The SMILES string of the molecule is N/C=C\N(N)c1ncc(Cl)c(C(F)(F)F)c1Cl. The highest BCUT2D eigenvalue weighted by atomic mass is 35.5. The fraction of sp³-hybridized carbons (Fsp3) is 0.125. The summed E-state index contributed by atoms with van der Waals surface area (Å²) in [5.74, 6) is 5.08. The largest absolute Gasteiger partial charge is 0.419 e. The summed E-state index contributed by atoms with van der Waals surface area (Å²) in [5, 5.41) is -0.532. The molecular weight excluding hydrogens is 280 g/mol. The van der Waals surface area contributed by atoms with Crippen molar-refractivity contribution in [1.82, 2.24) is 4.98 Å². The number of pyridine rings is 1. The molecule has 9 heteroatoms. The third-order valence-corrected chi connectivity index (χ3v) is 2.37. The van der Waals surface area contributed by atoms with E-state index in [1.807, 2.05) is 0 Å². The van der Waals surface area contributed by atoms with E-state index in [0.29, 0.717) is 0 Å². The van der Waals surface area contributed by atoms with Gasteiger partial charge in [0, 0.05) is 18.6 Å². The molecule has 0 unspecified atom stereocenters. The van der Waals surface area contributed by atoms with Gasteiger partial charge in [-0.05, 0) is 0 Å². The first-order valence-corrected chi connectivity index (χ1v) is 4.88. The number of nitrogens with zero attached hydrogens (tertiary/aromatic N) is 2. The van der Waals surface area contributed by atoms with Crippen LogP contribution in [-0.4, -0.2) is 4.98 Å². The van der Waals surface area contributed by atoms with E-state index in [1.54, 1.807) is 0 Å². The Morgan fingerprint density at radius 1 is 1.35 bits per heavy atom. The second-order valence-electron chi connectivity index (χ2n) is 2.87. The molecule has 0 aliphatic heterocycles. The highest BCUT2D eigenvalue weighted by molar-refractivity contribution is 6.37. The molecule has 1 aromatic heterocycles. The highest BCUT2D eigenvalue weighted by Gasteiger charge is 2.37. The van der Waals surface area contributed by atoms with Crippen LogP contribution in [0.2, 0.25) is 10.0 Å². The molecule has 17 heavy (non-hydrogen) atoms. The van der Waals surface area contributed by atoms with E-state index < -0.39 is 21.8 Å². The van der Waals surface area contributed by atoms with Crippen molar-refractivity contribution in [2.45, 2.75) is 6.18 Å². The minimum Gasteiger partial charge on any atom is -0.403 e. The van der Waals surface area contributed by atoms with Gasteiger partial charge >= 0.3 is 6.18 Å². The molecule has 0 aliphatic carbocycles. The number of hydrazine groups is 1. The third kappa shape index (κ3) is 2.93. The van der Waals surface area contributed by atoms with Crippen molar-refractivity contribution in [2.75, 3.05) is 5.01 Å². The number of nitrogens with two attached hydrogens (primary N) is 2. The molecule has 0 radical (unpaired) electrons. The summed E-state index contributed by atoms with van der Waals surface area (Å²) in [4.78, 5) is 3.60. The van der Waals surface area contributed by atoms with Gasteiger partial charge in [0.2, 0.25) is 0 Å². The van der Waals surface area contributed by atoms with Crippen molar-refractivity contribution in [2.24, 2.45) is 11.6 Å². The molecule has 4 N–H and O–H groups in total. The lowest BCUT2D eigenvalue weighted by molar-refractivity contribution is -0.137. The zero-order chi connectivity index (χ0) is 13.2. The molecule has 0 aromatic carbocycles. The molecule has 1 rings (SSSR count). The van der Waals surface area contributed by atoms with Crippen LogP contribution < -0.4 is 16.6 Å². The molecule has 1 heterocycles. The fourth-order valence-electron chi connectivity index (χ4n) is 1.06. The van der Waals surface area contributed by atoms with E-state index in [0.717, 1.165) is 23.6 Å². The van der Waals surface area contributed by atoms with E-state index in [9.17, 15) is 13.2 Å². The minimum absolute atomic E-state index is 0.301. The van der Waals surface area contributed by atoms with Crippen molar-refractivity contribution in [3.8, 4) is 0 Å². The quantitative estimate of drug-likeness (QED) is 0.648. The number of rotatable bonds is 2. The summed E-state index contributed by atoms with van der Waals surface area (Å²) >= 11 is 11.0. The van der Waals surface area contributed by atoms with Gasteiger partial charge in [-0.1, -0.05) is 23.2 Å². The van der Waals surface area contributed by atoms with E-state index in [1.165, 1.54) is 0 Å². The van der Waals surface area contributed by atoms with Crippen molar-refractivity contribution in [3.05, 3.63) is 34.2 Å². The van der Waals surface area contributed by atoms with Crippen LogP contribution in [0.5, 0.6) is 0 Å². The zero-order valence-corrected chi connectivity index (χ0v) is 9.68. The molecular formula is C8H7Cl2F3N4. The van der Waals surface area contributed by atoms with Gasteiger partial charge in [0.05, 0.1) is 15.6 Å². The van der Waals surface area contributed by atoms with Gasteiger partial charge in [0.1, 0.15) is 0 Å². The van der Waals surface area contributed by atoms with Gasteiger partial charge in [0.15, 0.2) is 5.82 Å². The number of hydrogen-bond donors (Lipinski definition) is 2. The Morgan fingerprint density at radius 3 is 2.41 bits per heavy atom. The Bertz CT molecular complexity index is 447. The first-order valence-electron chi connectivity index (χ1n) is 4.12. The highest BCUT2D eigenvalue weighted by Crippen LogP contribution is 2.42. The summed E-state index contributed by atoms with van der Waals surface area (Å²) in [6.45, 7) is 0. The Morgan fingerprint density at radius 2 is 1.94 bits per heavy atom. The molecule has 0 bridgehead atoms. The molecule has 0 amide bonds. The van der Waals surface area contributed by atoms with Gasteiger partial charge < -0.3 is 5.73 Å². The van der Waals surface area contributed by atoms with Crippen molar-refractivity contribution in [1.29, 1.82) is 0 Å². The van der Waals surface area contributed by atoms with Crippen molar-refractivity contribution >= 4 is 29.0 Å². The minimum atomic E-state index is -4.70. The van der Waals surface area contributed by atoms with Gasteiger partial charge in [-0.2, -0.15) is 13.2 Å². The summed E-state index contributed by atoms with van der Waals surface area (Å²) in [6.07, 6.45) is -1.75. The zero-order valence-electron chi connectivity index (χ0n) is 8.17.